The van der Waals surface area contributed by atoms with Crippen LogP contribution in [-0.2, 0) is 9.47 Å². The van der Waals surface area contributed by atoms with Gasteiger partial charge >= 0.3 is 0 Å². The number of hydrogen-bond donors (Lipinski definition) is 0. The molecule has 0 aliphatic carbocycles. The lowest BCUT2D eigenvalue weighted by molar-refractivity contribution is 0.0549. The summed E-state index contributed by atoms with van der Waals surface area (Å²) in [6, 6.07) is 5.30. The van der Waals surface area contributed by atoms with Crippen molar-refractivity contribution < 1.29 is 13.9 Å². The van der Waals surface area contributed by atoms with Crippen LogP contribution in [0.1, 0.15) is 6.42 Å². The first kappa shape index (κ1) is 16.4. The van der Waals surface area contributed by atoms with Gasteiger partial charge in [-0.2, -0.15) is 0 Å². The molecule has 0 spiro atoms. The summed E-state index contributed by atoms with van der Waals surface area (Å²) >= 11 is 6.10. The van der Waals surface area contributed by atoms with Crippen molar-refractivity contribution in [3.63, 3.8) is 0 Å². The average molecular weight is 339 g/mol. The van der Waals surface area contributed by atoms with Crippen molar-refractivity contribution in [3.8, 4) is 0 Å². The molecule has 1 fully saturated rings. The number of ether oxygens (including phenoxy) is 2. The molecule has 1 saturated heterocycles. The fourth-order valence-electron chi connectivity index (χ4n) is 2.96. The minimum Gasteiger partial charge on any atom is -0.382 e. The zero-order valence-corrected chi connectivity index (χ0v) is 13.9. The standard InChI is InChI=1S/C17H20ClFN2O2/c1-22-8-9-23-11-12-5-7-21(10-12)15-3-2-13-14(18)4-6-20-17(13)16(15)19/h2-4,6,12H,5,7-11H2,1H3. The molecule has 1 aromatic carbocycles. The van der Waals surface area contributed by atoms with Crippen molar-refractivity contribution >= 4 is 28.2 Å². The van der Waals surface area contributed by atoms with Crippen LogP contribution in [0, 0.1) is 11.7 Å². The Labute approximate surface area is 140 Å². The van der Waals surface area contributed by atoms with E-state index in [1.54, 1.807) is 19.2 Å². The summed E-state index contributed by atoms with van der Waals surface area (Å²) in [5, 5.41) is 1.17. The van der Waals surface area contributed by atoms with Gasteiger partial charge in [0.25, 0.3) is 0 Å². The zero-order valence-electron chi connectivity index (χ0n) is 13.1. The molecule has 1 unspecified atom stereocenters. The van der Waals surface area contributed by atoms with Crippen molar-refractivity contribution in [1.29, 1.82) is 0 Å². The Morgan fingerprint density at radius 1 is 1.35 bits per heavy atom. The summed E-state index contributed by atoms with van der Waals surface area (Å²) in [6.07, 6.45) is 2.53. The minimum atomic E-state index is -0.300. The molecule has 4 nitrogen and oxygen atoms in total. The van der Waals surface area contributed by atoms with Crippen LogP contribution in [0.5, 0.6) is 0 Å². The molecule has 0 saturated carbocycles. The maximum atomic E-state index is 14.8. The first-order valence-corrected chi connectivity index (χ1v) is 8.13. The molecule has 1 atom stereocenters. The largest absolute Gasteiger partial charge is 0.382 e. The first-order valence-electron chi connectivity index (χ1n) is 7.75. The van der Waals surface area contributed by atoms with Gasteiger partial charge in [-0.1, -0.05) is 11.6 Å². The number of anilines is 1. The van der Waals surface area contributed by atoms with E-state index in [2.05, 4.69) is 9.88 Å². The molecule has 3 rings (SSSR count). The first-order chi connectivity index (χ1) is 11.2. The highest BCUT2D eigenvalue weighted by Gasteiger charge is 2.25. The van der Waals surface area contributed by atoms with Gasteiger partial charge in [0.05, 0.1) is 30.5 Å². The van der Waals surface area contributed by atoms with Gasteiger partial charge in [0, 0.05) is 37.7 Å². The number of methoxy groups -OCH3 is 1. The third kappa shape index (κ3) is 3.57. The fraction of sp³-hybridized carbons (Fsp3) is 0.471. The lowest BCUT2D eigenvalue weighted by atomic mass is 10.1. The summed E-state index contributed by atoms with van der Waals surface area (Å²) in [4.78, 5) is 6.20. The summed E-state index contributed by atoms with van der Waals surface area (Å²) in [7, 11) is 1.66. The van der Waals surface area contributed by atoms with Crippen LogP contribution in [0.2, 0.25) is 5.02 Å². The SMILES string of the molecule is COCCOCC1CCN(c2ccc3c(Cl)ccnc3c2F)C1. The molecule has 23 heavy (non-hydrogen) atoms. The van der Waals surface area contributed by atoms with Gasteiger partial charge in [-0.25, -0.2) is 4.39 Å². The predicted octanol–water partition coefficient (Wildman–Crippen LogP) is 3.52. The number of pyridine rings is 1. The highest BCUT2D eigenvalue weighted by molar-refractivity contribution is 6.35. The van der Waals surface area contributed by atoms with Crippen LogP contribution in [0.25, 0.3) is 10.9 Å². The summed E-state index contributed by atoms with van der Waals surface area (Å²) < 4.78 is 25.3. The molecule has 2 aromatic rings. The van der Waals surface area contributed by atoms with Gasteiger partial charge in [-0.05, 0) is 24.6 Å². The van der Waals surface area contributed by atoms with Gasteiger partial charge in [0.15, 0.2) is 5.82 Å². The van der Waals surface area contributed by atoms with E-state index in [9.17, 15) is 4.39 Å². The molecule has 1 aliphatic rings. The van der Waals surface area contributed by atoms with E-state index < -0.39 is 0 Å². The summed E-state index contributed by atoms with van der Waals surface area (Å²) in [6.45, 7) is 3.48. The molecule has 2 heterocycles. The number of hydrogen-bond acceptors (Lipinski definition) is 4. The Hall–Kier alpha value is -1.43. The van der Waals surface area contributed by atoms with Crippen LogP contribution in [0.15, 0.2) is 24.4 Å². The van der Waals surface area contributed by atoms with Gasteiger partial charge in [-0.15, -0.1) is 0 Å². The molecule has 6 heteroatoms. The lowest BCUT2D eigenvalue weighted by Gasteiger charge is -2.20. The molecule has 0 bridgehead atoms. The molecule has 0 amide bonds. The Morgan fingerprint density at radius 3 is 3.04 bits per heavy atom. The second kappa shape index (κ2) is 7.43. The molecule has 124 valence electrons. The van der Waals surface area contributed by atoms with Crippen molar-refractivity contribution in [2.24, 2.45) is 5.92 Å². The quantitative estimate of drug-likeness (QED) is 0.755. The molecule has 1 aromatic heterocycles. The minimum absolute atomic E-state index is 0.300. The van der Waals surface area contributed by atoms with E-state index >= 15 is 0 Å². The zero-order chi connectivity index (χ0) is 16.2. The number of rotatable bonds is 6. The van der Waals surface area contributed by atoms with Crippen molar-refractivity contribution in [3.05, 3.63) is 35.2 Å². The van der Waals surface area contributed by atoms with E-state index in [4.69, 9.17) is 21.1 Å². The number of halogens is 2. The Kier molecular flexibility index (Phi) is 5.30. The van der Waals surface area contributed by atoms with Crippen LogP contribution >= 0.6 is 11.6 Å². The average Bonchev–Trinajstić information content (AvgIpc) is 3.01. The smallest absolute Gasteiger partial charge is 0.172 e. The maximum absolute atomic E-state index is 14.8. The highest BCUT2D eigenvalue weighted by Crippen LogP contribution is 2.32. The predicted molar refractivity (Wildman–Crippen MR) is 89.7 cm³/mol. The van der Waals surface area contributed by atoms with E-state index in [1.165, 1.54) is 6.20 Å². The number of benzene rings is 1. The van der Waals surface area contributed by atoms with Gasteiger partial charge in [0.2, 0.25) is 0 Å². The Bertz CT molecular complexity index is 683. The molecule has 0 N–H and O–H groups in total. The summed E-state index contributed by atoms with van der Waals surface area (Å²) in [5.74, 6) is 0.111. The second-order valence-corrected chi connectivity index (χ2v) is 6.16. The van der Waals surface area contributed by atoms with Crippen LogP contribution in [0.4, 0.5) is 10.1 Å². The molecule has 0 radical (unpaired) electrons. The summed E-state index contributed by atoms with van der Waals surface area (Å²) in [5.41, 5.74) is 0.918. The highest BCUT2D eigenvalue weighted by atomic mass is 35.5. The van der Waals surface area contributed by atoms with E-state index in [0.29, 0.717) is 47.4 Å². The van der Waals surface area contributed by atoms with Gasteiger partial charge in [-0.3, -0.25) is 4.98 Å². The molecular formula is C17H20ClFN2O2. The molecule has 1 aliphatic heterocycles. The van der Waals surface area contributed by atoms with E-state index in [0.717, 1.165) is 19.5 Å². The lowest BCUT2D eigenvalue weighted by Crippen LogP contribution is -2.22. The van der Waals surface area contributed by atoms with Crippen molar-refractivity contribution in [2.75, 3.05) is 44.9 Å². The Morgan fingerprint density at radius 2 is 2.22 bits per heavy atom. The second-order valence-electron chi connectivity index (χ2n) is 5.76. The topological polar surface area (TPSA) is 34.6 Å². The third-order valence-electron chi connectivity index (χ3n) is 4.19. The molecular weight excluding hydrogens is 319 g/mol. The van der Waals surface area contributed by atoms with Crippen LogP contribution < -0.4 is 4.90 Å². The van der Waals surface area contributed by atoms with Crippen LogP contribution in [-0.4, -0.2) is 45.0 Å². The fourth-order valence-corrected chi connectivity index (χ4v) is 3.17. The monoisotopic (exact) mass is 338 g/mol. The normalized spacial score (nSPS) is 18.0. The third-order valence-corrected chi connectivity index (χ3v) is 4.52. The maximum Gasteiger partial charge on any atom is 0.172 e. The number of nitrogens with zero attached hydrogens (tertiary/aromatic N) is 2. The number of aromatic nitrogens is 1. The van der Waals surface area contributed by atoms with Crippen LogP contribution in [0.3, 0.4) is 0 Å². The Balaban J connectivity index is 1.71. The van der Waals surface area contributed by atoms with Gasteiger partial charge in [0.1, 0.15) is 5.52 Å². The van der Waals surface area contributed by atoms with Crippen molar-refractivity contribution in [2.45, 2.75) is 6.42 Å². The number of fused-ring (bicyclic) bond motifs is 1. The van der Waals surface area contributed by atoms with Crippen molar-refractivity contribution in [1.82, 2.24) is 4.98 Å². The van der Waals surface area contributed by atoms with E-state index in [-0.39, 0.29) is 5.82 Å². The van der Waals surface area contributed by atoms with E-state index in [1.807, 2.05) is 6.07 Å². The van der Waals surface area contributed by atoms with Gasteiger partial charge < -0.3 is 14.4 Å².